The predicted molar refractivity (Wildman–Crippen MR) is 57.8 cm³/mol. The summed E-state index contributed by atoms with van der Waals surface area (Å²) in [4.78, 5) is 10.9. The summed E-state index contributed by atoms with van der Waals surface area (Å²) in [7, 11) is 0. The minimum Gasteiger partial charge on any atom is -0.489 e. The summed E-state index contributed by atoms with van der Waals surface area (Å²) < 4.78 is 15.8. The highest BCUT2D eigenvalue weighted by atomic mass is 16.7. The first-order valence-corrected chi connectivity index (χ1v) is 4.91. The monoisotopic (exact) mass is 220 g/mol. The van der Waals surface area contributed by atoms with Crippen LogP contribution in [0.2, 0.25) is 0 Å². The minimum absolute atomic E-state index is 0.230. The number of benzene rings is 1. The van der Waals surface area contributed by atoms with Gasteiger partial charge >= 0.3 is 0 Å². The summed E-state index contributed by atoms with van der Waals surface area (Å²) in [6, 6.07) is 3.44. The molecule has 1 heterocycles. The van der Waals surface area contributed by atoms with Crippen LogP contribution < -0.4 is 9.47 Å². The number of hydrogen-bond donors (Lipinski definition) is 0. The molecule has 16 heavy (non-hydrogen) atoms. The van der Waals surface area contributed by atoms with Crippen molar-refractivity contribution in [3.63, 3.8) is 0 Å². The van der Waals surface area contributed by atoms with Gasteiger partial charge < -0.3 is 14.2 Å². The molecule has 1 aromatic carbocycles. The molecule has 0 saturated carbocycles. The zero-order chi connectivity index (χ0) is 11.4. The highest BCUT2D eigenvalue weighted by Gasteiger charge is 2.15. The van der Waals surface area contributed by atoms with Gasteiger partial charge in [-0.15, -0.1) is 0 Å². The van der Waals surface area contributed by atoms with E-state index < -0.39 is 0 Å². The molecule has 1 aromatic rings. The number of carbonyl (C=O) groups excluding carboxylic acids is 1. The van der Waals surface area contributed by atoms with E-state index in [0.717, 1.165) is 11.8 Å². The van der Waals surface area contributed by atoms with Crippen molar-refractivity contribution in [2.75, 3.05) is 13.4 Å². The summed E-state index contributed by atoms with van der Waals surface area (Å²) in [5.74, 6) is 1.21. The average molecular weight is 220 g/mol. The molecule has 0 spiro atoms. The fourth-order valence-electron chi connectivity index (χ4n) is 1.49. The molecule has 0 radical (unpaired) electrons. The second kappa shape index (κ2) is 4.81. The first-order chi connectivity index (χ1) is 7.85. The Balaban J connectivity index is 2.34. The van der Waals surface area contributed by atoms with Gasteiger partial charge in [0.05, 0.1) is 12.2 Å². The molecule has 4 nitrogen and oxygen atoms in total. The van der Waals surface area contributed by atoms with Gasteiger partial charge in [0.15, 0.2) is 13.1 Å². The molecule has 0 bridgehead atoms. The highest BCUT2D eigenvalue weighted by molar-refractivity contribution is 5.80. The van der Waals surface area contributed by atoms with Crippen molar-refractivity contribution in [1.82, 2.24) is 0 Å². The van der Waals surface area contributed by atoms with E-state index in [1.54, 1.807) is 18.2 Å². The van der Waals surface area contributed by atoms with Crippen LogP contribution in [0.15, 0.2) is 24.8 Å². The first-order valence-electron chi connectivity index (χ1n) is 4.91. The number of aldehydes is 1. The van der Waals surface area contributed by atoms with E-state index in [0.29, 0.717) is 30.3 Å². The van der Waals surface area contributed by atoms with Gasteiger partial charge in [0, 0.05) is 11.6 Å². The first kappa shape index (κ1) is 10.7. The van der Waals surface area contributed by atoms with E-state index in [2.05, 4.69) is 6.58 Å². The maximum atomic E-state index is 10.9. The van der Waals surface area contributed by atoms with Crippen molar-refractivity contribution in [2.24, 2.45) is 0 Å². The molecule has 4 heteroatoms. The van der Waals surface area contributed by atoms with Crippen LogP contribution in [0.3, 0.4) is 0 Å². The Bertz CT molecular complexity index is 412. The third-order valence-electron chi connectivity index (χ3n) is 2.23. The quantitative estimate of drug-likeness (QED) is 0.574. The van der Waals surface area contributed by atoms with Crippen molar-refractivity contribution >= 4 is 6.29 Å². The lowest BCUT2D eigenvalue weighted by Gasteiger charge is -2.19. The lowest BCUT2D eigenvalue weighted by Crippen LogP contribution is -2.12. The Kier molecular flexibility index (Phi) is 3.22. The van der Waals surface area contributed by atoms with Crippen LogP contribution in [0.25, 0.3) is 0 Å². The maximum Gasteiger partial charge on any atom is 0.189 e. The average Bonchev–Trinajstić information content (AvgIpc) is 2.35. The Labute approximate surface area is 93.4 Å². The van der Waals surface area contributed by atoms with Crippen molar-refractivity contribution in [2.45, 2.75) is 6.61 Å². The minimum atomic E-state index is 0.230. The third-order valence-corrected chi connectivity index (χ3v) is 2.23. The number of ether oxygens (including phenoxy) is 3. The molecule has 0 fully saturated rings. The second-order valence-electron chi connectivity index (χ2n) is 3.33. The number of hydrogen-bond acceptors (Lipinski definition) is 4. The largest absolute Gasteiger partial charge is 0.489 e. The van der Waals surface area contributed by atoms with E-state index >= 15 is 0 Å². The van der Waals surface area contributed by atoms with Gasteiger partial charge in [0.2, 0.25) is 0 Å². The highest BCUT2D eigenvalue weighted by Crippen LogP contribution is 2.31. The van der Waals surface area contributed by atoms with Gasteiger partial charge in [-0.3, -0.25) is 4.79 Å². The van der Waals surface area contributed by atoms with Gasteiger partial charge in [-0.2, -0.15) is 0 Å². The molecule has 1 aliphatic rings. The Morgan fingerprint density at radius 1 is 1.50 bits per heavy atom. The second-order valence-corrected chi connectivity index (χ2v) is 3.33. The van der Waals surface area contributed by atoms with Crippen LogP contribution in [0.1, 0.15) is 15.9 Å². The smallest absolute Gasteiger partial charge is 0.189 e. The Morgan fingerprint density at radius 3 is 3.12 bits per heavy atom. The SMILES string of the molecule is C=CCOc1cc2c(cc1C=O)COCO2. The summed E-state index contributed by atoms with van der Waals surface area (Å²) in [6.45, 7) is 4.60. The molecule has 2 rings (SSSR count). The van der Waals surface area contributed by atoms with E-state index in [9.17, 15) is 4.79 Å². The van der Waals surface area contributed by atoms with E-state index in [1.165, 1.54) is 0 Å². The third kappa shape index (κ3) is 2.06. The fourth-order valence-corrected chi connectivity index (χ4v) is 1.49. The zero-order valence-electron chi connectivity index (χ0n) is 8.77. The van der Waals surface area contributed by atoms with Gasteiger partial charge in [0.1, 0.15) is 18.1 Å². The molecule has 0 unspecified atom stereocenters. The van der Waals surface area contributed by atoms with Crippen molar-refractivity contribution in [3.8, 4) is 11.5 Å². The van der Waals surface area contributed by atoms with Crippen LogP contribution in [0.4, 0.5) is 0 Å². The van der Waals surface area contributed by atoms with Crippen LogP contribution in [0, 0.1) is 0 Å². The molecule has 0 saturated heterocycles. The van der Waals surface area contributed by atoms with Crippen LogP contribution in [-0.2, 0) is 11.3 Å². The summed E-state index contributed by atoms with van der Waals surface area (Å²) in [5, 5.41) is 0. The number of carbonyl (C=O) groups is 1. The predicted octanol–water partition coefficient (Wildman–Crippen LogP) is 1.93. The normalized spacial score (nSPS) is 13.5. The molecule has 0 aromatic heterocycles. The molecular weight excluding hydrogens is 208 g/mol. The van der Waals surface area contributed by atoms with Crippen LogP contribution >= 0.6 is 0 Å². The Morgan fingerprint density at radius 2 is 2.38 bits per heavy atom. The standard InChI is InChI=1S/C12H12O4/c1-2-3-15-11-5-12-10(4-9(11)6-13)7-14-8-16-12/h2,4-6H,1,3,7-8H2. The number of rotatable bonds is 4. The fraction of sp³-hybridized carbons (Fsp3) is 0.250. The molecule has 1 aliphatic heterocycles. The maximum absolute atomic E-state index is 10.9. The van der Waals surface area contributed by atoms with Gasteiger partial charge in [-0.25, -0.2) is 0 Å². The lowest BCUT2D eigenvalue weighted by molar-refractivity contribution is -0.0165. The molecule has 84 valence electrons. The Hall–Kier alpha value is -1.81. The number of fused-ring (bicyclic) bond motifs is 1. The van der Waals surface area contributed by atoms with Crippen molar-refractivity contribution in [3.05, 3.63) is 35.9 Å². The molecule has 0 atom stereocenters. The zero-order valence-corrected chi connectivity index (χ0v) is 8.77. The van der Waals surface area contributed by atoms with Crippen molar-refractivity contribution in [1.29, 1.82) is 0 Å². The topological polar surface area (TPSA) is 44.8 Å². The van der Waals surface area contributed by atoms with Gasteiger partial charge in [0.25, 0.3) is 0 Å². The molecule has 0 aliphatic carbocycles. The summed E-state index contributed by atoms with van der Waals surface area (Å²) >= 11 is 0. The molecule has 0 amide bonds. The van der Waals surface area contributed by atoms with Crippen LogP contribution in [0.5, 0.6) is 11.5 Å². The van der Waals surface area contributed by atoms with Gasteiger partial charge in [-0.05, 0) is 6.07 Å². The lowest BCUT2D eigenvalue weighted by atomic mass is 10.1. The van der Waals surface area contributed by atoms with Crippen LogP contribution in [-0.4, -0.2) is 19.7 Å². The molecular formula is C12H12O4. The summed E-state index contributed by atoms with van der Waals surface area (Å²) in [5.41, 5.74) is 1.36. The van der Waals surface area contributed by atoms with E-state index in [4.69, 9.17) is 14.2 Å². The molecule has 0 N–H and O–H groups in total. The van der Waals surface area contributed by atoms with E-state index in [-0.39, 0.29) is 6.79 Å². The summed E-state index contributed by atoms with van der Waals surface area (Å²) in [6.07, 6.45) is 2.38. The van der Waals surface area contributed by atoms with E-state index in [1.807, 2.05) is 0 Å². The van der Waals surface area contributed by atoms with Gasteiger partial charge in [-0.1, -0.05) is 12.7 Å². The van der Waals surface area contributed by atoms with Crippen molar-refractivity contribution < 1.29 is 19.0 Å².